The van der Waals surface area contributed by atoms with Crippen molar-refractivity contribution < 1.29 is 23.6 Å². The smallest absolute Gasteiger partial charge is 0.338 e. The summed E-state index contributed by atoms with van der Waals surface area (Å²) in [5, 5.41) is 2.19. The molecule has 0 saturated carbocycles. The number of ether oxygens (including phenoxy) is 2. The van der Waals surface area contributed by atoms with Gasteiger partial charge in [0.1, 0.15) is 11.7 Å². The fraction of sp³-hybridized carbons (Fsp3) is 0.240. The number of fused-ring (bicyclic) bond motifs is 2. The third-order valence-corrected chi connectivity index (χ3v) is 7.93. The zero-order valence-electron chi connectivity index (χ0n) is 19.2. The Kier molecular flexibility index (Phi) is 6.58. The van der Waals surface area contributed by atoms with Crippen LogP contribution in [0.5, 0.6) is 0 Å². The summed E-state index contributed by atoms with van der Waals surface area (Å²) < 4.78 is 12.9. The number of thiazole rings is 1. The predicted molar refractivity (Wildman–Crippen MR) is 133 cm³/mol. The molecule has 0 radical (unpaired) electrons. The number of carbonyl (C=O) groups excluding carboxylic acids is 2. The molecule has 170 valence electrons. The van der Waals surface area contributed by atoms with Crippen molar-refractivity contribution in [2.24, 2.45) is 7.05 Å². The molecule has 0 spiro atoms. The number of thioether (sulfide) groups is 1. The number of aryl methyl sites for hydroxylation is 1. The second-order valence-electron chi connectivity index (χ2n) is 7.56. The molecular weight excluding hydrogens is 456 g/mol. The number of allylic oxidation sites excluding steroid dienone is 2. The van der Waals surface area contributed by atoms with Gasteiger partial charge in [0.2, 0.25) is 5.52 Å². The van der Waals surface area contributed by atoms with Gasteiger partial charge in [-0.05, 0) is 48.4 Å². The van der Waals surface area contributed by atoms with Crippen molar-refractivity contribution in [3.8, 4) is 0 Å². The van der Waals surface area contributed by atoms with Crippen LogP contribution in [0.15, 0.2) is 58.0 Å². The number of benzene rings is 2. The summed E-state index contributed by atoms with van der Waals surface area (Å²) in [6, 6.07) is 11.3. The monoisotopic (exact) mass is 481 g/mol. The van der Waals surface area contributed by atoms with Crippen molar-refractivity contribution in [2.45, 2.75) is 18.2 Å². The zero-order valence-corrected chi connectivity index (χ0v) is 20.8. The minimum atomic E-state index is -0.338. The maximum atomic E-state index is 11.9. The van der Waals surface area contributed by atoms with E-state index in [0.29, 0.717) is 11.1 Å². The number of nitrogens with zero attached hydrogens (tertiary/aromatic N) is 2. The summed E-state index contributed by atoms with van der Waals surface area (Å²) in [5.74, 6) is -0.675. The molecule has 1 aliphatic rings. The Morgan fingerprint density at radius 3 is 2.39 bits per heavy atom. The molecule has 4 rings (SSSR count). The molecule has 0 bridgehead atoms. The molecule has 0 aliphatic carbocycles. The first kappa shape index (κ1) is 23.1. The number of rotatable bonds is 5. The van der Waals surface area contributed by atoms with Crippen LogP contribution in [0, 0.1) is 0 Å². The van der Waals surface area contributed by atoms with Crippen LogP contribution in [0.4, 0.5) is 5.69 Å². The van der Waals surface area contributed by atoms with Gasteiger partial charge < -0.3 is 14.4 Å². The highest BCUT2D eigenvalue weighted by Crippen LogP contribution is 2.46. The van der Waals surface area contributed by atoms with Crippen molar-refractivity contribution in [3.05, 3.63) is 69.2 Å². The van der Waals surface area contributed by atoms with Crippen LogP contribution in [-0.2, 0) is 16.5 Å². The van der Waals surface area contributed by atoms with Crippen LogP contribution in [0.2, 0.25) is 0 Å². The summed E-state index contributed by atoms with van der Waals surface area (Å²) in [7, 11) is 6.80. The van der Waals surface area contributed by atoms with Crippen molar-refractivity contribution in [2.75, 3.05) is 26.2 Å². The normalized spacial score (nSPS) is 14.6. The molecule has 1 aliphatic heterocycles. The van der Waals surface area contributed by atoms with E-state index in [9.17, 15) is 9.59 Å². The molecule has 33 heavy (non-hydrogen) atoms. The fourth-order valence-electron chi connectivity index (χ4n) is 3.64. The van der Waals surface area contributed by atoms with E-state index in [0.717, 1.165) is 37.3 Å². The van der Waals surface area contributed by atoms with E-state index in [1.807, 2.05) is 38.4 Å². The number of aromatic nitrogens is 1. The molecule has 2 aromatic carbocycles. The molecule has 0 atom stereocenters. The third-order valence-electron chi connectivity index (χ3n) is 5.60. The average molecular weight is 482 g/mol. The number of carbonyl (C=O) groups is 2. The van der Waals surface area contributed by atoms with E-state index >= 15 is 0 Å². The van der Waals surface area contributed by atoms with Gasteiger partial charge in [-0.3, -0.25) is 0 Å². The standard InChI is InChI=1S/C25H25N2O4S2/c1-6-15(11-22-26(2)18-13-16(24(28)30-4)7-9-20(18)32-22)12-23-27(3)19-14-17(25(29)31-5)8-10-21(19)33-23/h7-14H,6H2,1-5H3/q+1. The van der Waals surface area contributed by atoms with Crippen LogP contribution < -0.4 is 9.47 Å². The molecule has 0 fully saturated rings. The highest BCUT2D eigenvalue weighted by atomic mass is 32.2. The SMILES string of the molecule is CCC(=C/c1sc2ccc(C(=O)OC)cc2[n+]1C)/C=C1\Sc2ccc(C(=O)OC)cc2N1C. The topological polar surface area (TPSA) is 59.7 Å². The second kappa shape index (κ2) is 9.41. The Labute approximate surface area is 201 Å². The Balaban J connectivity index is 1.67. The minimum absolute atomic E-state index is 0.338. The van der Waals surface area contributed by atoms with Gasteiger partial charge in [0, 0.05) is 24.1 Å². The molecule has 0 amide bonds. The van der Waals surface area contributed by atoms with Crippen molar-refractivity contribution in [1.29, 1.82) is 0 Å². The highest BCUT2D eigenvalue weighted by molar-refractivity contribution is 8.03. The van der Waals surface area contributed by atoms with E-state index < -0.39 is 0 Å². The van der Waals surface area contributed by atoms with Crippen LogP contribution in [-0.4, -0.2) is 33.2 Å². The van der Waals surface area contributed by atoms with Crippen LogP contribution >= 0.6 is 23.1 Å². The van der Waals surface area contributed by atoms with E-state index in [4.69, 9.17) is 9.47 Å². The van der Waals surface area contributed by atoms with Crippen LogP contribution in [0.1, 0.15) is 39.1 Å². The number of hydrogen-bond acceptors (Lipinski definition) is 7. The van der Waals surface area contributed by atoms with E-state index in [-0.39, 0.29) is 11.9 Å². The van der Waals surface area contributed by atoms with Crippen molar-refractivity contribution in [3.63, 3.8) is 0 Å². The number of anilines is 1. The van der Waals surface area contributed by atoms with Gasteiger partial charge in [0.15, 0.2) is 0 Å². The van der Waals surface area contributed by atoms with E-state index in [1.54, 1.807) is 35.2 Å². The maximum absolute atomic E-state index is 11.9. The fourth-order valence-corrected chi connectivity index (χ4v) is 5.85. The first-order valence-electron chi connectivity index (χ1n) is 10.4. The van der Waals surface area contributed by atoms with Crippen LogP contribution in [0.3, 0.4) is 0 Å². The summed E-state index contributed by atoms with van der Waals surface area (Å²) in [4.78, 5) is 27.0. The number of hydrogen-bond donors (Lipinski definition) is 0. The predicted octanol–water partition coefficient (Wildman–Crippen LogP) is 5.18. The number of esters is 2. The summed E-state index contributed by atoms with van der Waals surface area (Å²) in [5.41, 5.74) is 4.25. The molecule has 1 aromatic heterocycles. The Bertz CT molecular complexity index is 1320. The lowest BCUT2D eigenvalue weighted by atomic mass is 10.1. The molecule has 0 N–H and O–H groups in total. The van der Waals surface area contributed by atoms with Gasteiger partial charge in [-0.1, -0.05) is 30.0 Å². The van der Waals surface area contributed by atoms with E-state index in [1.165, 1.54) is 19.8 Å². The second-order valence-corrected chi connectivity index (χ2v) is 9.69. The lowest BCUT2D eigenvalue weighted by Crippen LogP contribution is -2.29. The van der Waals surface area contributed by atoms with Gasteiger partial charge in [-0.25, -0.2) is 9.59 Å². The third kappa shape index (κ3) is 4.41. The Hall–Kier alpha value is -3.10. The molecule has 6 nitrogen and oxygen atoms in total. The first-order valence-corrected chi connectivity index (χ1v) is 12.1. The first-order chi connectivity index (χ1) is 15.9. The summed E-state index contributed by atoms with van der Waals surface area (Å²) in [6.45, 7) is 2.13. The summed E-state index contributed by atoms with van der Waals surface area (Å²) >= 11 is 3.37. The molecule has 3 aromatic rings. The van der Waals surface area contributed by atoms with E-state index in [2.05, 4.69) is 28.5 Å². The van der Waals surface area contributed by atoms with Gasteiger partial charge in [0.25, 0.3) is 5.01 Å². The van der Waals surface area contributed by atoms with Gasteiger partial charge in [-0.2, -0.15) is 4.57 Å². The molecule has 8 heteroatoms. The Morgan fingerprint density at radius 1 is 1.06 bits per heavy atom. The molecular formula is C25H25N2O4S2+. The zero-order chi connectivity index (χ0) is 23.7. The summed E-state index contributed by atoms with van der Waals surface area (Å²) in [6.07, 6.45) is 5.24. The van der Waals surface area contributed by atoms with Crippen molar-refractivity contribution >= 4 is 57.0 Å². The van der Waals surface area contributed by atoms with Gasteiger partial charge in [0.05, 0.1) is 36.1 Å². The lowest BCUT2D eigenvalue weighted by molar-refractivity contribution is -0.642. The number of methoxy groups -OCH3 is 2. The van der Waals surface area contributed by atoms with Gasteiger partial charge >= 0.3 is 11.9 Å². The molecule has 0 unspecified atom stereocenters. The minimum Gasteiger partial charge on any atom is -0.465 e. The molecule has 2 heterocycles. The van der Waals surface area contributed by atoms with Crippen molar-refractivity contribution in [1.82, 2.24) is 0 Å². The van der Waals surface area contributed by atoms with Crippen LogP contribution in [0.25, 0.3) is 16.3 Å². The van der Waals surface area contributed by atoms with Gasteiger partial charge in [-0.15, -0.1) is 0 Å². The molecule has 0 saturated heterocycles. The lowest BCUT2D eigenvalue weighted by Gasteiger charge is -2.14. The highest BCUT2D eigenvalue weighted by Gasteiger charge is 2.24. The quantitative estimate of drug-likeness (QED) is 0.370. The Morgan fingerprint density at radius 2 is 1.73 bits per heavy atom. The average Bonchev–Trinajstić information content (AvgIpc) is 3.32. The largest absolute Gasteiger partial charge is 0.465 e. The maximum Gasteiger partial charge on any atom is 0.338 e.